The molecule has 0 amide bonds. The second-order valence-electron chi connectivity index (χ2n) is 2.99. The maximum Gasteiger partial charge on any atom is 0.123 e. The summed E-state index contributed by atoms with van der Waals surface area (Å²) in [5.41, 5.74) is 0.829. The Hall–Kier alpha value is -0.940. The molecule has 0 aliphatic rings. The topological polar surface area (TPSA) is 57.2 Å². The van der Waals surface area contributed by atoms with Crippen molar-refractivity contribution in [3.8, 4) is 0 Å². The lowest BCUT2D eigenvalue weighted by Gasteiger charge is -2.05. The Morgan fingerprint density at radius 3 is 2.29 bits per heavy atom. The van der Waals surface area contributed by atoms with E-state index in [1.165, 1.54) is 12.1 Å². The number of benzene rings is 1. The first-order valence-electron chi connectivity index (χ1n) is 4.15. The summed E-state index contributed by atoms with van der Waals surface area (Å²) in [7, 11) is -4.13. The van der Waals surface area contributed by atoms with E-state index in [4.69, 9.17) is 0 Å². The van der Waals surface area contributed by atoms with Crippen LogP contribution in [0.2, 0.25) is 0 Å². The minimum atomic E-state index is -4.13. The summed E-state index contributed by atoms with van der Waals surface area (Å²) in [6, 6.07) is 5.77. The standard InChI is InChI=1S/C9H11FO3S/c10-9-5-3-8(4-6-9)2-1-7-14(11,12)13/h3-6H,1-2,7H2,(H,11,12,13)/p-1. The highest BCUT2D eigenvalue weighted by molar-refractivity contribution is 7.85. The van der Waals surface area contributed by atoms with Crippen molar-refractivity contribution in [2.45, 2.75) is 12.8 Å². The number of hydrogen-bond donors (Lipinski definition) is 0. The summed E-state index contributed by atoms with van der Waals surface area (Å²) in [5.74, 6) is -0.699. The molecule has 0 unspecified atom stereocenters. The first-order chi connectivity index (χ1) is 6.47. The van der Waals surface area contributed by atoms with Gasteiger partial charge in [0.05, 0.1) is 10.1 Å². The van der Waals surface area contributed by atoms with Gasteiger partial charge in [-0.3, -0.25) is 0 Å². The fourth-order valence-corrected chi connectivity index (χ4v) is 1.60. The van der Waals surface area contributed by atoms with E-state index in [0.29, 0.717) is 6.42 Å². The SMILES string of the molecule is O=S(=O)([O-])CCCc1ccc(F)cc1. The van der Waals surface area contributed by atoms with E-state index in [1.54, 1.807) is 12.1 Å². The number of aryl methyl sites for hydroxylation is 1. The van der Waals surface area contributed by atoms with Crippen molar-refractivity contribution in [3.63, 3.8) is 0 Å². The quantitative estimate of drug-likeness (QED) is 0.714. The smallest absolute Gasteiger partial charge is 0.123 e. The molecule has 14 heavy (non-hydrogen) atoms. The first-order valence-corrected chi connectivity index (χ1v) is 5.73. The predicted octanol–water partition coefficient (Wildman–Crippen LogP) is 1.30. The molecule has 0 radical (unpaired) electrons. The van der Waals surface area contributed by atoms with Crippen LogP contribution in [0.25, 0.3) is 0 Å². The van der Waals surface area contributed by atoms with E-state index in [-0.39, 0.29) is 18.0 Å². The Bertz CT molecular complexity index is 383. The Morgan fingerprint density at radius 2 is 1.79 bits per heavy atom. The van der Waals surface area contributed by atoms with Gasteiger partial charge in [0.25, 0.3) is 0 Å². The second-order valence-corrected chi connectivity index (χ2v) is 4.52. The molecular formula is C9H10FO3S-. The van der Waals surface area contributed by atoms with Crippen LogP contribution >= 0.6 is 0 Å². The van der Waals surface area contributed by atoms with Gasteiger partial charge in [-0.2, -0.15) is 0 Å². The lowest BCUT2D eigenvalue weighted by Crippen LogP contribution is -2.05. The second kappa shape index (κ2) is 4.52. The minimum Gasteiger partial charge on any atom is -0.748 e. The molecule has 0 fully saturated rings. The van der Waals surface area contributed by atoms with Gasteiger partial charge in [-0.1, -0.05) is 12.1 Å². The zero-order valence-corrected chi connectivity index (χ0v) is 8.26. The van der Waals surface area contributed by atoms with Crippen LogP contribution in [-0.4, -0.2) is 18.7 Å². The highest BCUT2D eigenvalue weighted by Crippen LogP contribution is 2.05. The first kappa shape index (κ1) is 11.1. The van der Waals surface area contributed by atoms with Crippen LogP contribution in [0.1, 0.15) is 12.0 Å². The molecule has 0 bridgehead atoms. The van der Waals surface area contributed by atoms with Gasteiger partial charge in [-0.25, -0.2) is 12.8 Å². The Labute approximate surface area is 82.3 Å². The summed E-state index contributed by atoms with van der Waals surface area (Å²) < 4.78 is 43.2. The molecule has 0 saturated carbocycles. The average molecular weight is 217 g/mol. The fourth-order valence-electron chi connectivity index (χ4n) is 1.10. The fraction of sp³-hybridized carbons (Fsp3) is 0.333. The molecule has 1 rings (SSSR count). The van der Waals surface area contributed by atoms with E-state index in [1.807, 2.05) is 0 Å². The van der Waals surface area contributed by atoms with Gasteiger partial charge < -0.3 is 4.55 Å². The van der Waals surface area contributed by atoms with E-state index in [0.717, 1.165) is 5.56 Å². The lowest BCUT2D eigenvalue weighted by atomic mass is 10.1. The van der Waals surface area contributed by atoms with Gasteiger partial charge in [0, 0.05) is 5.75 Å². The van der Waals surface area contributed by atoms with Crippen LogP contribution < -0.4 is 0 Å². The molecular weight excluding hydrogens is 207 g/mol. The van der Waals surface area contributed by atoms with Crippen molar-refractivity contribution in [3.05, 3.63) is 35.6 Å². The zero-order valence-electron chi connectivity index (χ0n) is 7.44. The van der Waals surface area contributed by atoms with Crippen molar-refractivity contribution < 1.29 is 17.4 Å². The molecule has 0 spiro atoms. The summed E-state index contributed by atoms with van der Waals surface area (Å²) in [4.78, 5) is 0. The van der Waals surface area contributed by atoms with E-state index in [2.05, 4.69) is 0 Å². The summed E-state index contributed by atoms with van der Waals surface area (Å²) >= 11 is 0. The molecule has 0 aromatic heterocycles. The average Bonchev–Trinajstić information content (AvgIpc) is 2.06. The van der Waals surface area contributed by atoms with Gasteiger partial charge in [-0.15, -0.1) is 0 Å². The monoisotopic (exact) mass is 217 g/mol. The lowest BCUT2D eigenvalue weighted by molar-refractivity contribution is 0.461. The normalized spacial score (nSPS) is 11.6. The molecule has 0 atom stereocenters. The third-order valence-electron chi connectivity index (χ3n) is 1.77. The Morgan fingerprint density at radius 1 is 1.21 bits per heavy atom. The minimum absolute atomic E-state index is 0.275. The molecule has 1 aromatic rings. The third kappa shape index (κ3) is 4.34. The molecule has 0 aliphatic heterocycles. The van der Waals surface area contributed by atoms with Crippen molar-refractivity contribution >= 4 is 10.1 Å². The maximum absolute atomic E-state index is 12.5. The van der Waals surface area contributed by atoms with Crippen LogP contribution in [0, 0.1) is 5.82 Å². The van der Waals surface area contributed by atoms with Crippen molar-refractivity contribution in [2.75, 3.05) is 5.75 Å². The summed E-state index contributed by atoms with van der Waals surface area (Å²) in [6.07, 6.45) is 0.749. The highest BCUT2D eigenvalue weighted by atomic mass is 32.2. The number of halogens is 1. The molecule has 5 heteroatoms. The van der Waals surface area contributed by atoms with Crippen LogP contribution in [0.4, 0.5) is 4.39 Å². The number of hydrogen-bond acceptors (Lipinski definition) is 3. The van der Waals surface area contributed by atoms with Crippen LogP contribution in [0.3, 0.4) is 0 Å². The van der Waals surface area contributed by atoms with Gasteiger partial charge in [0.2, 0.25) is 0 Å². The predicted molar refractivity (Wildman–Crippen MR) is 49.3 cm³/mol. The van der Waals surface area contributed by atoms with E-state index >= 15 is 0 Å². The summed E-state index contributed by atoms with van der Waals surface area (Å²) in [6.45, 7) is 0. The van der Waals surface area contributed by atoms with E-state index in [9.17, 15) is 17.4 Å². The molecule has 0 aliphatic carbocycles. The number of rotatable bonds is 4. The molecule has 3 nitrogen and oxygen atoms in total. The Kier molecular flexibility index (Phi) is 3.60. The third-order valence-corrected chi connectivity index (χ3v) is 2.56. The molecule has 78 valence electrons. The van der Waals surface area contributed by atoms with Crippen molar-refractivity contribution in [2.24, 2.45) is 0 Å². The molecule has 1 aromatic carbocycles. The van der Waals surface area contributed by atoms with Gasteiger partial charge >= 0.3 is 0 Å². The largest absolute Gasteiger partial charge is 0.748 e. The van der Waals surface area contributed by atoms with E-state index < -0.39 is 10.1 Å². The maximum atomic E-state index is 12.5. The van der Waals surface area contributed by atoms with Crippen LogP contribution in [-0.2, 0) is 16.5 Å². The highest BCUT2D eigenvalue weighted by Gasteiger charge is 1.97. The van der Waals surface area contributed by atoms with Gasteiger partial charge in [-0.05, 0) is 30.5 Å². The summed E-state index contributed by atoms with van der Waals surface area (Å²) in [5, 5.41) is 0. The molecule has 0 N–H and O–H groups in total. The molecule has 0 saturated heterocycles. The Balaban J connectivity index is 2.43. The van der Waals surface area contributed by atoms with Crippen molar-refractivity contribution in [1.29, 1.82) is 0 Å². The van der Waals surface area contributed by atoms with Gasteiger partial charge in [0.1, 0.15) is 5.82 Å². The zero-order chi connectivity index (χ0) is 10.6. The molecule has 0 heterocycles. The van der Waals surface area contributed by atoms with Crippen LogP contribution in [0.5, 0.6) is 0 Å². The van der Waals surface area contributed by atoms with Crippen LogP contribution in [0.15, 0.2) is 24.3 Å². The van der Waals surface area contributed by atoms with Crippen molar-refractivity contribution in [1.82, 2.24) is 0 Å². The van der Waals surface area contributed by atoms with Gasteiger partial charge in [0.15, 0.2) is 0 Å².